The molecule has 1 aliphatic heterocycles. The minimum absolute atomic E-state index is 0.00187. The highest BCUT2D eigenvalue weighted by Crippen LogP contribution is 2.48. The quantitative estimate of drug-likeness (QED) is 0.246. The average molecular weight is 534 g/mol. The Morgan fingerprint density at radius 1 is 1.00 bits per heavy atom. The maximum absolute atomic E-state index is 13.3. The number of Topliss-reactive ketones (excluding diaryl/α,β-unsaturated/α-hetero) is 1. The van der Waals surface area contributed by atoms with Crippen molar-refractivity contribution < 1.29 is 24.2 Å². The van der Waals surface area contributed by atoms with Gasteiger partial charge in [-0.05, 0) is 42.8 Å². The molecule has 7 nitrogen and oxygen atoms in total. The minimum atomic E-state index is -1.06. The van der Waals surface area contributed by atoms with Gasteiger partial charge in [0.25, 0.3) is 11.7 Å². The lowest BCUT2D eigenvalue weighted by Gasteiger charge is -2.25. The van der Waals surface area contributed by atoms with Gasteiger partial charge in [-0.2, -0.15) is 0 Å². The summed E-state index contributed by atoms with van der Waals surface area (Å²) in [7, 11) is 2.72. The number of carbonyl (C=O) groups is 2. The summed E-state index contributed by atoms with van der Waals surface area (Å²) in [5, 5.41) is 11.9. The number of pyridine rings is 1. The van der Waals surface area contributed by atoms with Crippen LogP contribution in [0.3, 0.4) is 0 Å². The number of nitrogens with zero attached hydrogens (tertiary/aromatic N) is 2. The molecule has 1 aliphatic rings. The normalized spacial score (nSPS) is 17.1. The van der Waals surface area contributed by atoms with Crippen molar-refractivity contribution in [2.45, 2.75) is 13.0 Å². The molecule has 3 aromatic rings. The van der Waals surface area contributed by atoms with Crippen LogP contribution in [0.2, 0.25) is 15.1 Å². The molecule has 0 spiro atoms. The number of benzene rings is 2. The lowest BCUT2D eigenvalue weighted by molar-refractivity contribution is -0.132. The number of ether oxygens (including phenoxy) is 2. The highest BCUT2D eigenvalue weighted by molar-refractivity contribution is 6.52. The maximum Gasteiger partial charge on any atom is 0.300 e. The van der Waals surface area contributed by atoms with Crippen molar-refractivity contribution in [3.05, 3.63) is 86.1 Å². The Bertz CT molecular complexity index is 1380. The number of rotatable bonds is 5. The van der Waals surface area contributed by atoms with Crippen molar-refractivity contribution in [1.29, 1.82) is 0 Å². The Morgan fingerprint density at radius 2 is 1.71 bits per heavy atom. The van der Waals surface area contributed by atoms with E-state index in [9.17, 15) is 14.7 Å². The monoisotopic (exact) mass is 532 g/mol. The predicted octanol–water partition coefficient (Wildman–Crippen LogP) is 5.99. The van der Waals surface area contributed by atoms with Crippen LogP contribution in [0.5, 0.6) is 11.5 Å². The minimum Gasteiger partial charge on any atom is -0.507 e. The van der Waals surface area contributed by atoms with Gasteiger partial charge in [-0.15, -0.1) is 0 Å². The van der Waals surface area contributed by atoms with Gasteiger partial charge in [0.2, 0.25) is 0 Å². The van der Waals surface area contributed by atoms with Crippen molar-refractivity contribution in [2.24, 2.45) is 0 Å². The molecule has 0 radical (unpaired) electrons. The van der Waals surface area contributed by atoms with E-state index in [2.05, 4.69) is 4.98 Å². The van der Waals surface area contributed by atoms with Gasteiger partial charge in [0.15, 0.2) is 11.5 Å². The van der Waals surface area contributed by atoms with Gasteiger partial charge in [-0.25, -0.2) is 0 Å². The maximum atomic E-state index is 13.3. The second kappa shape index (κ2) is 9.77. The molecule has 10 heteroatoms. The van der Waals surface area contributed by atoms with Crippen LogP contribution in [0.15, 0.2) is 54.2 Å². The van der Waals surface area contributed by atoms with Crippen molar-refractivity contribution in [1.82, 2.24) is 4.98 Å². The van der Waals surface area contributed by atoms with Gasteiger partial charge >= 0.3 is 0 Å². The number of amides is 1. The number of aliphatic hydroxyl groups is 1. The molecule has 1 atom stereocenters. The molecule has 1 N–H and O–H groups in total. The van der Waals surface area contributed by atoms with Gasteiger partial charge in [0, 0.05) is 16.9 Å². The van der Waals surface area contributed by atoms with E-state index in [4.69, 9.17) is 44.3 Å². The number of anilines is 1. The average Bonchev–Trinajstić information content (AvgIpc) is 3.11. The number of halogens is 3. The summed E-state index contributed by atoms with van der Waals surface area (Å²) in [5.74, 6) is -2.14. The Balaban J connectivity index is 2.01. The van der Waals surface area contributed by atoms with Crippen LogP contribution >= 0.6 is 34.8 Å². The van der Waals surface area contributed by atoms with E-state index in [0.29, 0.717) is 16.4 Å². The molecule has 1 fully saturated rings. The Morgan fingerprint density at radius 3 is 2.31 bits per heavy atom. The van der Waals surface area contributed by atoms with Gasteiger partial charge in [-0.3, -0.25) is 19.5 Å². The van der Waals surface area contributed by atoms with Crippen LogP contribution in [0.25, 0.3) is 5.76 Å². The first-order chi connectivity index (χ1) is 16.7. The van der Waals surface area contributed by atoms with Crippen molar-refractivity contribution in [2.75, 3.05) is 19.1 Å². The van der Waals surface area contributed by atoms with E-state index in [1.54, 1.807) is 36.4 Å². The zero-order chi connectivity index (χ0) is 25.4. The zero-order valence-electron chi connectivity index (χ0n) is 18.8. The van der Waals surface area contributed by atoms with Gasteiger partial charge in [0.05, 0.1) is 36.1 Å². The van der Waals surface area contributed by atoms with Crippen molar-refractivity contribution in [3.63, 3.8) is 0 Å². The fourth-order valence-electron chi connectivity index (χ4n) is 3.94. The molecule has 0 bridgehead atoms. The van der Waals surface area contributed by atoms with Gasteiger partial charge < -0.3 is 14.6 Å². The lowest BCUT2D eigenvalue weighted by atomic mass is 9.97. The number of aromatic nitrogens is 1. The number of aliphatic hydroxyl groups excluding tert-OH is 1. The first kappa shape index (κ1) is 24.9. The van der Waals surface area contributed by atoms with E-state index < -0.39 is 23.5 Å². The van der Waals surface area contributed by atoms with E-state index in [0.717, 1.165) is 5.56 Å². The van der Waals surface area contributed by atoms with Crippen molar-refractivity contribution in [3.8, 4) is 11.5 Å². The number of aryl methyl sites for hydroxylation is 1. The molecule has 1 aromatic heterocycles. The summed E-state index contributed by atoms with van der Waals surface area (Å²) >= 11 is 19.0. The smallest absolute Gasteiger partial charge is 0.300 e. The standard InChI is InChI=1S/C25H19Cl3N2O5/c1-12-7-8-13(10-15(12)26)30-20(17-6-4-5-9-29-17)18(22(32)25(30)33)21(31)14-11-16(27)24(35-3)19(28)23(14)34-2/h4-11,20,31H,1-3H3/b21-18+. The second-order valence-electron chi connectivity index (χ2n) is 7.64. The summed E-state index contributed by atoms with van der Waals surface area (Å²) < 4.78 is 10.6. The van der Waals surface area contributed by atoms with Crippen LogP contribution in [-0.4, -0.2) is 36.0 Å². The van der Waals surface area contributed by atoms with Crippen LogP contribution in [0, 0.1) is 6.92 Å². The molecule has 2 aromatic carbocycles. The SMILES string of the molecule is COc1c(Cl)cc(/C(O)=C2\C(=O)C(=O)N(c3ccc(C)c(Cl)c3)C2c2ccccn2)c(OC)c1Cl. The lowest BCUT2D eigenvalue weighted by Crippen LogP contribution is -2.29. The molecule has 4 rings (SSSR count). The number of methoxy groups -OCH3 is 2. The number of hydrogen-bond donors (Lipinski definition) is 1. The highest BCUT2D eigenvalue weighted by atomic mass is 35.5. The van der Waals surface area contributed by atoms with Crippen LogP contribution in [0.4, 0.5) is 5.69 Å². The number of carbonyl (C=O) groups excluding carboxylic acids is 2. The molecular weight excluding hydrogens is 515 g/mol. The van der Waals surface area contributed by atoms with E-state index in [1.807, 2.05) is 6.92 Å². The van der Waals surface area contributed by atoms with E-state index in [-0.39, 0.29) is 32.7 Å². The van der Waals surface area contributed by atoms with Crippen molar-refractivity contribution >= 4 is 57.9 Å². The van der Waals surface area contributed by atoms with Crippen LogP contribution in [-0.2, 0) is 9.59 Å². The number of ketones is 1. The molecule has 1 saturated heterocycles. The molecule has 0 aliphatic carbocycles. The summed E-state index contributed by atoms with van der Waals surface area (Å²) in [6.07, 6.45) is 1.53. The molecule has 1 amide bonds. The zero-order valence-corrected chi connectivity index (χ0v) is 21.1. The Hall–Kier alpha value is -3.26. The molecule has 0 saturated carbocycles. The third-order valence-corrected chi connectivity index (χ3v) is 6.67. The summed E-state index contributed by atoms with van der Waals surface area (Å²) in [6.45, 7) is 1.82. The Kier molecular flexibility index (Phi) is 6.94. The molecular formula is C25H19Cl3N2O5. The topological polar surface area (TPSA) is 89.0 Å². The summed E-state index contributed by atoms with van der Waals surface area (Å²) in [6, 6.07) is 10.3. The van der Waals surface area contributed by atoms with Gasteiger partial charge in [0.1, 0.15) is 16.8 Å². The van der Waals surface area contributed by atoms with Crippen LogP contribution < -0.4 is 14.4 Å². The fraction of sp³-hybridized carbons (Fsp3) is 0.160. The second-order valence-corrected chi connectivity index (χ2v) is 8.84. The Labute approximate surface area is 216 Å². The number of hydrogen-bond acceptors (Lipinski definition) is 6. The third-order valence-electron chi connectivity index (χ3n) is 5.64. The first-order valence-corrected chi connectivity index (χ1v) is 11.4. The molecule has 180 valence electrons. The third kappa shape index (κ3) is 4.20. The van der Waals surface area contributed by atoms with Gasteiger partial charge in [-0.1, -0.05) is 46.9 Å². The molecule has 1 unspecified atom stereocenters. The van der Waals surface area contributed by atoms with Crippen LogP contribution in [0.1, 0.15) is 22.9 Å². The largest absolute Gasteiger partial charge is 0.507 e. The highest BCUT2D eigenvalue weighted by Gasteiger charge is 2.48. The predicted molar refractivity (Wildman–Crippen MR) is 135 cm³/mol. The van der Waals surface area contributed by atoms with E-state index >= 15 is 0 Å². The fourth-order valence-corrected chi connectivity index (χ4v) is 4.80. The molecule has 2 heterocycles. The summed E-state index contributed by atoms with van der Waals surface area (Å²) in [4.78, 5) is 32.2. The molecule has 35 heavy (non-hydrogen) atoms. The van der Waals surface area contributed by atoms with E-state index in [1.165, 1.54) is 31.4 Å². The summed E-state index contributed by atoms with van der Waals surface area (Å²) in [5.41, 5.74) is 1.34. The first-order valence-electron chi connectivity index (χ1n) is 10.3.